The number of rotatable bonds is 6. The lowest BCUT2D eigenvalue weighted by atomic mass is 9.85. The van der Waals surface area contributed by atoms with Crippen LogP contribution in [0, 0.1) is 5.92 Å². The quantitative estimate of drug-likeness (QED) is 0.505. The van der Waals surface area contributed by atoms with Crippen molar-refractivity contribution in [3.8, 4) is 11.3 Å². The monoisotopic (exact) mass is 404 g/mol. The Labute approximate surface area is 174 Å². The average Bonchev–Trinajstić information content (AvgIpc) is 3.13. The first-order valence-electron chi connectivity index (χ1n) is 9.98. The van der Waals surface area contributed by atoms with Gasteiger partial charge >= 0.3 is 0 Å². The Morgan fingerprint density at radius 2 is 1.93 bits per heavy atom. The van der Waals surface area contributed by atoms with Crippen LogP contribution in [0.2, 0.25) is 0 Å². The second-order valence-corrected chi connectivity index (χ2v) is 7.58. The number of aliphatic hydroxyl groups excluding tert-OH is 1. The molecule has 2 aromatic heterocycles. The Kier molecular flexibility index (Phi) is 5.63. The van der Waals surface area contributed by atoms with Crippen LogP contribution in [0.25, 0.3) is 11.3 Å². The molecule has 0 spiro atoms. The fourth-order valence-electron chi connectivity index (χ4n) is 3.77. The van der Waals surface area contributed by atoms with Gasteiger partial charge in [-0.05, 0) is 31.2 Å². The van der Waals surface area contributed by atoms with Crippen LogP contribution in [0.5, 0.6) is 0 Å². The first-order chi connectivity index (χ1) is 14.6. The van der Waals surface area contributed by atoms with Crippen LogP contribution in [-0.4, -0.2) is 39.4 Å². The van der Waals surface area contributed by atoms with Crippen molar-refractivity contribution in [1.29, 1.82) is 0 Å². The number of hydrogen-bond acceptors (Lipinski definition) is 5. The van der Waals surface area contributed by atoms with Gasteiger partial charge in [-0.2, -0.15) is 0 Å². The van der Waals surface area contributed by atoms with Crippen molar-refractivity contribution in [3.05, 3.63) is 66.1 Å². The summed E-state index contributed by atoms with van der Waals surface area (Å²) in [7, 11) is 0. The van der Waals surface area contributed by atoms with E-state index in [2.05, 4.69) is 20.6 Å². The number of hydrogen-bond donors (Lipinski definition) is 4. The van der Waals surface area contributed by atoms with Gasteiger partial charge in [0, 0.05) is 48.2 Å². The van der Waals surface area contributed by atoms with Crippen LogP contribution >= 0.6 is 0 Å². The Hall–Kier alpha value is -3.45. The third kappa shape index (κ3) is 3.97. The molecular weight excluding hydrogens is 380 g/mol. The molecule has 3 aromatic rings. The van der Waals surface area contributed by atoms with Crippen molar-refractivity contribution in [3.63, 3.8) is 0 Å². The predicted octanol–water partition coefficient (Wildman–Crippen LogP) is 3.06. The number of ketones is 1. The number of Topliss-reactive ketones (excluding diaryl/α,β-unsaturated/α-hetero) is 1. The number of nitrogens with zero attached hydrogens (tertiary/aromatic N) is 1. The number of aromatic nitrogens is 2. The number of aliphatic hydroxyl groups is 1. The van der Waals surface area contributed by atoms with E-state index in [1.807, 2.05) is 42.5 Å². The van der Waals surface area contributed by atoms with Crippen LogP contribution in [0.3, 0.4) is 0 Å². The molecule has 4 N–H and O–H groups in total. The fourth-order valence-corrected chi connectivity index (χ4v) is 3.77. The van der Waals surface area contributed by atoms with E-state index in [1.165, 1.54) is 0 Å². The van der Waals surface area contributed by atoms with Crippen LogP contribution in [0.4, 0.5) is 11.4 Å². The number of aromatic amines is 1. The molecule has 0 bridgehead atoms. The van der Waals surface area contributed by atoms with Gasteiger partial charge in [0.15, 0.2) is 5.78 Å². The molecule has 1 aliphatic rings. The van der Waals surface area contributed by atoms with Crippen LogP contribution in [-0.2, 0) is 11.2 Å². The van der Waals surface area contributed by atoms with Crippen molar-refractivity contribution in [2.24, 2.45) is 5.92 Å². The lowest BCUT2D eigenvalue weighted by molar-refractivity contribution is -0.126. The van der Waals surface area contributed by atoms with E-state index in [0.29, 0.717) is 12.0 Å². The number of pyridine rings is 1. The molecular formula is C23H24N4O3. The third-order valence-electron chi connectivity index (χ3n) is 5.28. The van der Waals surface area contributed by atoms with Gasteiger partial charge in [-0.3, -0.25) is 14.6 Å². The Morgan fingerprint density at radius 1 is 1.20 bits per heavy atom. The Bertz CT molecular complexity index is 1050. The summed E-state index contributed by atoms with van der Waals surface area (Å²) in [5.74, 6) is -0.760. The van der Waals surface area contributed by atoms with Gasteiger partial charge < -0.3 is 20.7 Å². The maximum absolute atomic E-state index is 13.1. The molecule has 1 aromatic carbocycles. The summed E-state index contributed by atoms with van der Waals surface area (Å²) in [6.07, 6.45) is 3.97. The molecule has 154 valence electrons. The number of nitrogens with one attached hydrogen (secondary N) is 3. The zero-order valence-electron chi connectivity index (χ0n) is 16.7. The number of carbonyl (C=O) groups excluding carboxylic acids is 2. The van der Waals surface area contributed by atoms with Gasteiger partial charge in [0.1, 0.15) is 0 Å². The second-order valence-electron chi connectivity index (χ2n) is 7.58. The SMILES string of the molecule is CC(CO)NC(=O)C1CC(=O)c2c([nH]c(-c3ccncc3)c2Nc2ccccc2)C1. The third-order valence-corrected chi connectivity index (χ3v) is 5.28. The average molecular weight is 404 g/mol. The smallest absolute Gasteiger partial charge is 0.224 e. The van der Waals surface area contributed by atoms with E-state index < -0.39 is 5.92 Å². The van der Waals surface area contributed by atoms with E-state index in [0.717, 1.165) is 28.3 Å². The number of H-pyrrole nitrogens is 1. The fraction of sp³-hybridized carbons (Fsp3) is 0.261. The first kappa shape index (κ1) is 19.8. The summed E-state index contributed by atoms with van der Waals surface area (Å²) >= 11 is 0. The molecule has 7 nitrogen and oxygen atoms in total. The van der Waals surface area contributed by atoms with E-state index in [9.17, 15) is 14.7 Å². The van der Waals surface area contributed by atoms with Gasteiger partial charge in [0.05, 0.1) is 29.5 Å². The lowest BCUT2D eigenvalue weighted by Gasteiger charge is -2.23. The van der Waals surface area contributed by atoms with Gasteiger partial charge in [0.25, 0.3) is 0 Å². The van der Waals surface area contributed by atoms with E-state index in [4.69, 9.17) is 0 Å². The van der Waals surface area contributed by atoms with E-state index in [-0.39, 0.29) is 30.8 Å². The summed E-state index contributed by atoms with van der Waals surface area (Å²) in [5.41, 5.74) is 4.64. The molecule has 2 unspecified atom stereocenters. The number of benzene rings is 1. The molecule has 0 saturated heterocycles. The molecule has 4 rings (SSSR count). The number of carbonyl (C=O) groups is 2. The summed E-state index contributed by atoms with van der Waals surface area (Å²) in [6, 6.07) is 13.1. The van der Waals surface area contributed by atoms with Gasteiger partial charge in [-0.1, -0.05) is 18.2 Å². The number of para-hydroxylation sites is 1. The van der Waals surface area contributed by atoms with Gasteiger partial charge in [0.2, 0.25) is 5.91 Å². The van der Waals surface area contributed by atoms with Crippen molar-refractivity contribution >= 4 is 23.1 Å². The summed E-state index contributed by atoms with van der Waals surface area (Å²) in [4.78, 5) is 33.1. The van der Waals surface area contributed by atoms with Gasteiger partial charge in [-0.25, -0.2) is 0 Å². The molecule has 0 fully saturated rings. The van der Waals surface area contributed by atoms with Crippen molar-refractivity contribution in [1.82, 2.24) is 15.3 Å². The van der Waals surface area contributed by atoms with Crippen molar-refractivity contribution in [2.75, 3.05) is 11.9 Å². The molecule has 2 atom stereocenters. The van der Waals surface area contributed by atoms with Crippen molar-refractivity contribution in [2.45, 2.75) is 25.8 Å². The standard InChI is InChI=1S/C23H24N4O3/c1-14(13-28)25-23(30)16-11-18-20(19(29)12-16)22(26-17-5-3-2-4-6-17)21(27-18)15-7-9-24-10-8-15/h2-10,14,16,26-28H,11-13H2,1H3,(H,25,30). The minimum Gasteiger partial charge on any atom is -0.394 e. The highest BCUT2D eigenvalue weighted by atomic mass is 16.3. The molecule has 1 amide bonds. The van der Waals surface area contributed by atoms with Crippen LogP contribution < -0.4 is 10.6 Å². The van der Waals surface area contributed by atoms with E-state index >= 15 is 0 Å². The maximum atomic E-state index is 13.1. The number of anilines is 2. The largest absolute Gasteiger partial charge is 0.394 e. The molecule has 2 heterocycles. The molecule has 0 radical (unpaired) electrons. The topological polar surface area (TPSA) is 107 Å². The normalized spacial score (nSPS) is 16.6. The van der Waals surface area contributed by atoms with Crippen LogP contribution in [0.15, 0.2) is 54.9 Å². The minimum absolute atomic E-state index is 0.0805. The maximum Gasteiger partial charge on any atom is 0.224 e. The van der Waals surface area contributed by atoms with Crippen molar-refractivity contribution < 1.29 is 14.7 Å². The van der Waals surface area contributed by atoms with Crippen LogP contribution in [0.1, 0.15) is 29.4 Å². The molecule has 0 aliphatic heterocycles. The zero-order valence-corrected chi connectivity index (χ0v) is 16.7. The van der Waals surface area contributed by atoms with Gasteiger partial charge in [-0.15, -0.1) is 0 Å². The number of amides is 1. The highest BCUT2D eigenvalue weighted by Gasteiger charge is 2.35. The second kappa shape index (κ2) is 8.51. The summed E-state index contributed by atoms with van der Waals surface area (Å²) in [6.45, 7) is 1.59. The predicted molar refractivity (Wildman–Crippen MR) is 115 cm³/mol. The minimum atomic E-state index is -0.465. The molecule has 30 heavy (non-hydrogen) atoms. The van der Waals surface area contributed by atoms with E-state index in [1.54, 1.807) is 19.3 Å². The summed E-state index contributed by atoms with van der Waals surface area (Å²) in [5, 5.41) is 15.4. The highest BCUT2D eigenvalue weighted by Crippen LogP contribution is 2.39. The Balaban J connectivity index is 1.72. The lowest BCUT2D eigenvalue weighted by Crippen LogP contribution is -2.41. The first-order valence-corrected chi connectivity index (χ1v) is 9.98. The summed E-state index contributed by atoms with van der Waals surface area (Å²) < 4.78 is 0. The molecule has 7 heteroatoms. The zero-order chi connectivity index (χ0) is 21.1. The molecule has 1 aliphatic carbocycles. The molecule has 0 saturated carbocycles. The highest BCUT2D eigenvalue weighted by molar-refractivity contribution is 6.09. The Morgan fingerprint density at radius 3 is 2.63 bits per heavy atom. The number of fused-ring (bicyclic) bond motifs is 1.